The highest BCUT2D eigenvalue weighted by molar-refractivity contribution is 5.98. The van der Waals surface area contributed by atoms with E-state index in [4.69, 9.17) is 0 Å². The maximum atomic E-state index is 12.5. The van der Waals surface area contributed by atoms with Crippen LogP contribution >= 0.6 is 0 Å². The van der Waals surface area contributed by atoms with Crippen molar-refractivity contribution in [2.75, 3.05) is 6.61 Å². The number of nitrogens with one attached hydrogen (secondary N) is 2. The first-order valence-electron chi connectivity index (χ1n) is 9.00. The van der Waals surface area contributed by atoms with Crippen molar-refractivity contribution < 1.29 is 14.7 Å². The minimum Gasteiger partial charge on any atom is -0.396 e. The number of carbonyl (C=O) groups excluding carboxylic acids is 2. The fourth-order valence-corrected chi connectivity index (χ4v) is 3.31. The summed E-state index contributed by atoms with van der Waals surface area (Å²) in [6.45, 7) is 0.116. The second-order valence-electron chi connectivity index (χ2n) is 6.99. The summed E-state index contributed by atoms with van der Waals surface area (Å²) in [6, 6.07) is 7.14. The highest BCUT2D eigenvalue weighted by Gasteiger charge is 2.26. The van der Waals surface area contributed by atoms with E-state index in [1.807, 2.05) is 0 Å². The number of benzene rings is 1. The number of rotatable bonds is 5. The lowest BCUT2D eigenvalue weighted by atomic mass is 9.95. The number of aliphatic hydroxyl groups is 1. The molecule has 3 rings (SSSR count). The second-order valence-corrected chi connectivity index (χ2v) is 6.99. The molecule has 2 aliphatic carbocycles. The Bertz CT molecular complexity index is 581. The molecule has 0 saturated heterocycles. The van der Waals surface area contributed by atoms with Gasteiger partial charge >= 0.3 is 0 Å². The van der Waals surface area contributed by atoms with Crippen LogP contribution in [0.5, 0.6) is 0 Å². The van der Waals surface area contributed by atoms with Crippen molar-refractivity contribution in [3.05, 3.63) is 35.4 Å². The van der Waals surface area contributed by atoms with E-state index in [1.165, 1.54) is 0 Å². The van der Waals surface area contributed by atoms with Gasteiger partial charge < -0.3 is 15.7 Å². The predicted molar refractivity (Wildman–Crippen MR) is 91.8 cm³/mol. The molecule has 5 heteroatoms. The summed E-state index contributed by atoms with van der Waals surface area (Å²) in [7, 11) is 0. The van der Waals surface area contributed by atoms with E-state index < -0.39 is 0 Å². The van der Waals surface area contributed by atoms with Gasteiger partial charge in [0, 0.05) is 35.7 Å². The molecule has 24 heavy (non-hydrogen) atoms. The lowest BCUT2D eigenvalue weighted by Gasteiger charge is -2.24. The summed E-state index contributed by atoms with van der Waals surface area (Å²) >= 11 is 0. The van der Waals surface area contributed by atoms with Gasteiger partial charge in [0.2, 0.25) is 0 Å². The van der Waals surface area contributed by atoms with Crippen LogP contribution in [0.3, 0.4) is 0 Å². The number of carbonyl (C=O) groups is 2. The van der Waals surface area contributed by atoms with Crippen LogP contribution in [0.4, 0.5) is 0 Å². The fraction of sp³-hybridized carbons (Fsp3) is 0.579. The summed E-state index contributed by atoms with van der Waals surface area (Å²) < 4.78 is 0. The van der Waals surface area contributed by atoms with Gasteiger partial charge in [-0.25, -0.2) is 0 Å². The number of hydrogen-bond acceptors (Lipinski definition) is 3. The van der Waals surface area contributed by atoms with Gasteiger partial charge in [-0.3, -0.25) is 9.59 Å². The monoisotopic (exact) mass is 330 g/mol. The van der Waals surface area contributed by atoms with Gasteiger partial charge in [0.05, 0.1) is 0 Å². The summed E-state index contributed by atoms with van der Waals surface area (Å²) in [6.07, 6.45) is 7.34. The summed E-state index contributed by atoms with van der Waals surface area (Å²) in [5, 5.41) is 15.6. The van der Waals surface area contributed by atoms with E-state index in [0.29, 0.717) is 17.2 Å². The third-order valence-corrected chi connectivity index (χ3v) is 5.03. The van der Waals surface area contributed by atoms with Crippen molar-refractivity contribution in [1.29, 1.82) is 0 Å². The van der Waals surface area contributed by atoms with E-state index in [2.05, 4.69) is 10.6 Å². The number of hydrogen-bond donors (Lipinski definition) is 3. The van der Waals surface area contributed by atoms with Crippen molar-refractivity contribution >= 4 is 11.8 Å². The topological polar surface area (TPSA) is 78.4 Å². The Kier molecular flexibility index (Phi) is 5.51. The molecule has 2 saturated carbocycles. The lowest BCUT2D eigenvalue weighted by molar-refractivity contribution is 0.0896. The molecule has 0 aromatic heterocycles. The third-order valence-electron chi connectivity index (χ3n) is 5.03. The molecule has 130 valence electrons. The molecule has 0 spiro atoms. The van der Waals surface area contributed by atoms with Crippen LogP contribution in [-0.2, 0) is 0 Å². The van der Waals surface area contributed by atoms with Crippen LogP contribution in [-0.4, -0.2) is 35.6 Å². The molecule has 0 radical (unpaired) electrons. The largest absolute Gasteiger partial charge is 0.396 e. The van der Waals surface area contributed by atoms with Gasteiger partial charge in [-0.05, 0) is 49.9 Å². The molecule has 1 aromatic rings. The van der Waals surface area contributed by atoms with E-state index in [-0.39, 0.29) is 30.4 Å². The molecule has 3 N–H and O–H groups in total. The molecular weight excluding hydrogens is 304 g/mol. The Balaban J connectivity index is 1.60. The zero-order valence-electron chi connectivity index (χ0n) is 14.0. The first-order valence-corrected chi connectivity index (χ1v) is 9.00. The van der Waals surface area contributed by atoms with Crippen LogP contribution in [0.2, 0.25) is 0 Å². The van der Waals surface area contributed by atoms with Crippen molar-refractivity contribution in [3.8, 4) is 0 Å². The van der Waals surface area contributed by atoms with E-state index in [9.17, 15) is 14.7 Å². The molecule has 2 fully saturated rings. The van der Waals surface area contributed by atoms with Crippen LogP contribution in [0, 0.1) is 5.92 Å². The number of aliphatic hydroxyl groups excluding tert-OH is 1. The van der Waals surface area contributed by atoms with Crippen LogP contribution in [0.15, 0.2) is 24.3 Å². The Morgan fingerprint density at radius 1 is 0.875 bits per heavy atom. The Morgan fingerprint density at radius 2 is 1.46 bits per heavy atom. The quantitative estimate of drug-likeness (QED) is 0.725. The average molecular weight is 330 g/mol. The molecule has 1 aromatic carbocycles. The Hall–Kier alpha value is -1.88. The van der Waals surface area contributed by atoms with Crippen LogP contribution in [0.25, 0.3) is 0 Å². The first-order chi connectivity index (χ1) is 11.7. The zero-order valence-corrected chi connectivity index (χ0v) is 14.0. The maximum absolute atomic E-state index is 12.5. The second kappa shape index (κ2) is 7.79. The molecule has 2 aliphatic rings. The van der Waals surface area contributed by atoms with Gasteiger partial charge in [-0.15, -0.1) is 0 Å². The number of amides is 2. The predicted octanol–water partition coefficient (Wildman–Crippen LogP) is 2.25. The van der Waals surface area contributed by atoms with Gasteiger partial charge in [-0.1, -0.05) is 19.3 Å². The minimum atomic E-state index is -0.130. The maximum Gasteiger partial charge on any atom is 0.251 e. The van der Waals surface area contributed by atoms with Crippen molar-refractivity contribution in [2.24, 2.45) is 5.92 Å². The normalized spacial score (nSPS) is 24.0. The zero-order chi connectivity index (χ0) is 16.9. The van der Waals surface area contributed by atoms with Gasteiger partial charge in [0.25, 0.3) is 11.8 Å². The molecule has 0 heterocycles. The molecule has 2 unspecified atom stereocenters. The summed E-state index contributed by atoms with van der Waals surface area (Å²) in [5.74, 6) is -0.0666. The van der Waals surface area contributed by atoms with Gasteiger partial charge in [0.15, 0.2) is 0 Å². The SMILES string of the molecule is O=C(NC1CC1)c1ccc(C(=O)NC2CCCCCC2CO)cc1. The van der Waals surface area contributed by atoms with Gasteiger partial charge in [0.1, 0.15) is 0 Å². The van der Waals surface area contributed by atoms with Gasteiger partial charge in [-0.2, -0.15) is 0 Å². The van der Waals surface area contributed by atoms with Crippen LogP contribution in [0.1, 0.15) is 65.7 Å². The van der Waals surface area contributed by atoms with Crippen LogP contribution < -0.4 is 10.6 Å². The van der Waals surface area contributed by atoms with Crippen molar-refractivity contribution in [1.82, 2.24) is 10.6 Å². The fourth-order valence-electron chi connectivity index (χ4n) is 3.31. The summed E-state index contributed by atoms with van der Waals surface area (Å²) in [5.41, 5.74) is 1.14. The third kappa shape index (κ3) is 4.35. The smallest absolute Gasteiger partial charge is 0.251 e. The first kappa shape index (κ1) is 17.0. The van der Waals surface area contributed by atoms with E-state index in [1.54, 1.807) is 24.3 Å². The highest BCUT2D eigenvalue weighted by atomic mass is 16.3. The van der Waals surface area contributed by atoms with Crippen molar-refractivity contribution in [3.63, 3.8) is 0 Å². The Morgan fingerprint density at radius 3 is 2.04 bits per heavy atom. The average Bonchev–Trinajstić information content (AvgIpc) is 3.42. The molecule has 0 bridgehead atoms. The molecule has 2 amide bonds. The standard InChI is InChI=1S/C19H26N2O3/c22-12-15-4-2-1-3-5-17(15)21-19(24)14-8-6-13(7-9-14)18(23)20-16-10-11-16/h6-9,15-17,22H,1-5,10-12H2,(H,20,23)(H,21,24). The van der Waals surface area contributed by atoms with Crippen molar-refractivity contribution in [2.45, 2.75) is 57.0 Å². The Labute approximate surface area is 142 Å². The minimum absolute atomic E-state index is 0.0304. The molecular formula is C19H26N2O3. The molecule has 0 aliphatic heterocycles. The lowest BCUT2D eigenvalue weighted by Crippen LogP contribution is -2.41. The summed E-state index contributed by atoms with van der Waals surface area (Å²) in [4.78, 5) is 24.4. The molecule has 2 atom stereocenters. The highest BCUT2D eigenvalue weighted by Crippen LogP contribution is 2.23. The van der Waals surface area contributed by atoms with E-state index >= 15 is 0 Å². The van der Waals surface area contributed by atoms with E-state index in [0.717, 1.165) is 44.9 Å². The molecule has 5 nitrogen and oxygen atoms in total.